The van der Waals surface area contributed by atoms with Gasteiger partial charge < -0.3 is 9.64 Å². The zero-order valence-corrected chi connectivity index (χ0v) is 10.5. The molecule has 1 fully saturated rings. The van der Waals surface area contributed by atoms with Crippen LogP contribution in [0.5, 0.6) is 0 Å². The molecule has 0 unspecified atom stereocenters. The Morgan fingerprint density at radius 2 is 2.21 bits per heavy atom. The maximum Gasteiger partial charge on any atom is 0.110 e. The molecule has 74 valence electrons. The van der Waals surface area contributed by atoms with Crippen molar-refractivity contribution in [2.24, 2.45) is 0 Å². The van der Waals surface area contributed by atoms with Crippen LogP contribution < -0.4 is 4.90 Å². The van der Waals surface area contributed by atoms with Gasteiger partial charge in [-0.1, -0.05) is 0 Å². The molecule has 0 bridgehead atoms. The molecule has 0 amide bonds. The average molecular weight is 320 g/mol. The second-order valence-corrected chi connectivity index (χ2v) is 5.00. The van der Waals surface area contributed by atoms with Crippen LogP contribution in [0.15, 0.2) is 5.38 Å². The minimum Gasteiger partial charge on any atom is -0.378 e. The Bertz CT molecular complexity index is 365. The van der Waals surface area contributed by atoms with Gasteiger partial charge in [0.15, 0.2) is 0 Å². The Labute approximate surface area is 100 Å². The molecule has 0 spiro atoms. The molecule has 0 saturated carbocycles. The molecule has 5 heteroatoms. The minimum absolute atomic E-state index is 0.763. The number of anilines is 1. The highest BCUT2D eigenvalue weighted by Crippen LogP contribution is 2.32. The molecule has 14 heavy (non-hydrogen) atoms. The monoisotopic (exact) mass is 320 g/mol. The van der Waals surface area contributed by atoms with Crippen LogP contribution in [-0.4, -0.2) is 26.3 Å². The van der Waals surface area contributed by atoms with Crippen molar-refractivity contribution in [3.8, 4) is 6.07 Å². The Morgan fingerprint density at radius 1 is 1.50 bits per heavy atom. The van der Waals surface area contributed by atoms with Gasteiger partial charge in [-0.3, -0.25) is 0 Å². The maximum absolute atomic E-state index is 9.01. The Balaban J connectivity index is 2.26. The number of hydrogen-bond acceptors (Lipinski definition) is 4. The number of thiophene rings is 1. The van der Waals surface area contributed by atoms with Crippen molar-refractivity contribution in [2.75, 3.05) is 31.2 Å². The number of halogens is 1. The molecule has 1 aliphatic rings. The first kappa shape index (κ1) is 10.2. The van der Waals surface area contributed by atoms with Crippen molar-refractivity contribution in [3.63, 3.8) is 0 Å². The number of rotatable bonds is 1. The summed E-state index contributed by atoms with van der Waals surface area (Å²) in [5.74, 6) is 0. The van der Waals surface area contributed by atoms with Crippen LogP contribution in [0.4, 0.5) is 5.00 Å². The van der Waals surface area contributed by atoms with Crippen molar-refractivity contribution in [1.29, 1.82) is 5.26 Å². The highest BCUT2D eigenvalue weighted by molar-refractivity contribution is 14.1. The van der Waals surface area contributed by atoms with Crippen molar-refractivity contribution in [2.45, 2.75) is 0 Å². The molecule has 0 atom stereocenters. The van der Waals surface area contributed by atoms with Gasteiger partial charge in [0.05, 0.1) is 18.8 Å². The molecule has 1 saturated heterocycles. The average Bonchev–Trinajstić information content (AvgIpc) is 2.61. The lowest BCUT2D eigenvalue weighted by atomic mass is 10.3. The van der Waals surface area contributed by atoms with Gasteiger partial charge in [-0.05, 0) is 22.6 Å². The second-order valence-electron chi connectivity index (χ2n) is 2.98. The number of morpholine rings is 1. The third-order valence-electron chi connectivity index (χ3n) is 2.14. The molecule has 0 aliphatic carbocycles. The number of nitrogens with zero attached hydrogens (tertiary/aromatic N) is 2. The molecule has 3 nitrogen and oxygen atoms in total. The molecule has 1 aliphatic heterocycles. The quantitative estimate of drug-likeness (QED) is 0.743. The lowest BCUT2D eigenvalue weighted by Gasteiger charge is -2.27. The lowest BCUT2D eigenvalue weighted by Crippen LogP contribution is -2.36. The van der Waals surface area contributed by atoms with Crippen molar-refractivity contribution in [1.82, 2.24) is 0 Å². The van der Waals surface area contributed by atoms with E-state index >= 15 is 0 Å². The zero-order valence-electron chi connectivity index (χ0n) is 7.49. The van der Waals surface area contributed by atoms with E-state index < -0.39 is 0 Å². The van der Waals surface area contributed by atoms with E-state index in [0.717, 1.165) is 40.4 Å². The first-order valence-electron chi connectivity index (χ1n) is 4.32. The number of ether oxygens (including phenoxy) is 1. The van der Waals surface area contributed by atoms with E-state index in [4.69, 9.17) is 10.00 Å². The van der Waals surface area contributed by atoms with E-state index in [1.54, 1.807) is 11.3 Å². The predicted molar refractivity (Wildman–Crippen MR) is 64.8 cm³/mol. The van der Waals surface area contributed by atoms with E-state index in [0.29, 0.717) is 0 Å². The van der Waals surface area contributed by atoms with Crippen LogP contribution in [0.1, 0.15) is 5.56 Å². The fourth-order valence-corrected chi connectivity index (χ4v) is 3.31. The Hall–Kier alpha value is -0.320. The standard InChI is InChI=1S/C9H9IN2OS/c10-8-6-14-9(7(8)5-11)12-1-3-13-4-2-12/h6H,1-4H2. The van der Waals surface area contributed by atoms with Gasteiger partial charge in [-0.15, -0.1) is 11.3 Å². The van der Waals surface area contributed by atoms with Gasteiger partial charge in [0, 0.05) is 22.0 Å². The summed E-state index contributed by atoms with van der Waals surface area (Å²) in [6, 6.07) is 2.26. The van der Waals surface area contributed by atoms with Gasteiger partial charge >= 0.3 is 0 Å². The molecule has 1 aromatic heterocycles. The van der Waals surface area contributed by atoms with Crippen LogP contribution >= 0.6 is 33.9 Å². The summed E-state index contributed by atoms with van der Waals surface area (Å²) in [5.41, 5.74) is 0.817. The van der Waals surface area contributed by atoms with E-state index in [1.807, 2.05) is 5.38 Å². The normalized spacial score (nSPS) is 16.7. The molecule has 2 heterocycles. The van der Waals surface area contributed by atoms with Gasteiger partial charge in [0.25, 0.3) is 0 Å². The predicted octanol–water partition coefficient (Wildman–Crippen LogP) is 2.06. The smallest absolute Gasteiger partial charge is 0.110 e. The van der Waals surface area contributed by atoms with Crippen molar-refractivity contribution >= 4 is 38.9 Å². The summed E-state index contributed by atoms with van der Waals surface area (Å²) in [4.78, 5) is 2.23. The first-order chi connectivity index (χ1) is 6.83. The van der Waals surface area contributed by atoms with Gasteiger partial charge in [-0.2, -0.15) is 5.26 Å². The molecule has 0 aromatic carbocycles. The molecular weight excluding hydrogens is 311 g/mol. The summed E-state index contributed by atoms with van der Waals surface area (Å²) in [7, 11) is 0. The lowest BCUT2D eigenvalue weighted by molar-refractivity contribution is 0.123. The van der Waals surface area contributed by atoms with E-state index in [9.17, 15) is 0 Å². The highest BCUT2D eigenvalue weighted by atomic mass is 127. The largest absolute Gasteiger partial charge is 0.378 e. The fourth-order valence-electron chi connectivity index (χ4n) is 1.43. The van der Waals surface area contributed by atoms with E-state index in [-0.39, 0.29) is 0 Å². The summed E-state index contributed by atoms with van der Waals surface area (Å²) in [6.07, 6.45) is 0. The van der Waals surface area contributed by atoms with Gasteiger partial charge in [-0.25, -0.2) is 0 Å². The van der Waals surface area contributed by atoms with Crippen LogP contribution in [0.25, 0.3) is 0 Å². The number of hydrogen-bond donors (Lipinski definition) is 0. The topological polar surface area (TPSA) is 36.3 Å². The summed E-state index contributed by atoms with van der Waals surface area (Å²) < 4.78 is 6.33. The van der Waals surface area contributed by atoms with Gasteiger partial charge in [0.2, 0.25) is 0 Å². The van der Waals surface area contributed by atoms with Crippen LogP contribution in [0.3, 0.4) is 0 Å². The third kappa shape index (κ3) is 1.87. The van der Waals surface area contributed by atoms with Crippen molar-refractivity contribution in [3.05, 3.63) is 14.5 Å². The van der Waals surface area contributed by atoms with E-state index in [1.165, 1.54) is 0 Å². The van der Waals surface area contributed by atoms with Crippen LogP contribution in [0.2, 0.25) is 0 Å². The summed E-state index contributed by atoms with van der Waals surface area (Å²) >= 11 is 3.85. The molecule has 0 N–H and O–H groups in total. The van der Waals surface area contributed by atoms with Crippen molar-refractivity contribution < 1.29 is 4.74 Å². The zero-order chi connectivity index (χ0) is 9.97. The minimum atomic E-state index is 0.763. The molecule has 1 aromatic rings. The summed E-state index contributed by atoms with van der Waals surface area (Å²) in [6.45, 7) is 3.31. The Morgan fingerprint density at radius 3 is 2.86 bits per heavy atom. The molecular formula is C9H9IN2OS. The molecule has 2 rings (SSSR count). The SMILES string of the molecule is N#Cc1c(I)csc1N1CCOCC1. The summed E-state index contributed by atoms with van der Waals surface area (Å²) in [5, 5.41) is 12.1. The number of nitriles is 1. The highest BCUT2D eigenvalue weighted by Gasteiger charge is 2.18. The Kier molecular flexibility index (Phi) is 3.26. The maximum atomic E-state index is 9.01. The van der Waals surface area contributed by atoms with Crippen LogP contribution in [0, 0.1) is 14.9 Å². The fraction of sp³-hybridized carbons (Fsp3) is 0.444. The van der Waals surface area contributed by atoms with Crippen LogP contribution in [-0.2, 0) is 4.74 Å². The second kappa shape index (κ2) is 4.47. The molecule has 0 radical (unpaired) electrons. The first-order valence-corrected chi connectivity index (χ1v) is 6.28. The third-order valence-corrected chi connectivity index (χ3v) is 4.45. The van der Waals surface area contributed by atoms with E-state index in [2.05, 4.69) is 33.6 Å². The van der Waals surface area contributed by atoms with Gasteiger partial charge in [0.1, 0.15) is 11.1 Å².